The smallest absolute Gasteiger partial charge is 0.223 e. The lowest BCUT2D eigenvalue weighted by molar-refractivity contribution is 0.394. The molecule has 17 heavy (non-hydrogen) atoms. The minimum atomic E-state index is 0.739. The van der Waals surface area contributed by atoms with Gasteiger partial charge in [0.15, 0.2) is 0 Å². The average molecular weight is 251 g/mol. The lowest BCUT2D eigenvalue weighted by Gasteiger charge is -2.25. The summed E-state index contributed by atoms with van der Waals surface area (Å²) in [7, 11) is 0. The molecule has 0 aliphatic heterocycles. The zero-order valence-electron chi connectivity index (χ0n) is 10.6. The predicted molar refractivity (Wildman–Crippen MR) is 73.5 cm³/mol. The van der Waals surface area contributed by atoms with Gasteiger partial charge >= 0.3 is 0 Å². The van der Waals surface area contributed by atoms with Gasteiger partial charge in [0.05, 0.1) is 0 Å². The third-order valence-corrected chi connectivity index (χ3v) is 4.37. The molecule has 0 amide bonds. The molecule has 4 heteroatoms. The Morgan fingerprint density at radius 2 is 2.35 bits per heavy atom. The maximum absolute atomic E-state index is 4.52. The zero-order valence-corrected chi connectivity index (χ0v) is 11.5. The first-order valence-electron chi connectivity index (χ1n) is 6.51. The molecule has 1 N–H and O–H groups in total. The van der Waals surface area contributed by atoms with Crippen molar-refractivity contribution in [2.45, 2.75) is 49.8 Å². The highest BCUT2D eigenvalue weighted by Gasteiger charge is 2.20. The first-order valence-corrected chi connectivity index (χ1v) is 7.39. The molecule has 1 aliphatic rings. The van der Waals surface area contributed by atoms with Crippen molar-refractivity contribution in [2.24, 2.45) is 5.92 Å². The van der Waals surface area contributed by atoms with Gasteiger partial charge in [0, 0.05) is 18.0 Å². The molecule has 0 spiro atoms. The van der Waals surface area contributed by atoms with E-state index in [9.17, 15) is 0 Å². The molecule has 0 bridgehead atoms. The summed E-state index contributed by atoms with van der Waals surface area (Å²) < 4.78 is 0. The number of nitrogens with zero attached hydrogens (tertiary/aromatic N) is 2. The maximum atomic E-state index is 4.52. The van der Waals surface area contributed by atoms with Crippen LogP contribution in [0.5, 0.6) is 0 Å². The quantitative estimate of drug-likeness (QED) is 0.830. The molecular formula is C13H21N3S. The zero-order chi connectivity index (χ0) is 12.1. The van der Waals surface area contributed by atoms with Gasteiger partial charge in [-0.15, -0.1) is 11.8 Å². The summed E-state index contributed by atoms with van der Waals surface area (Å²) in [5, 5.41) is 5.00. The van der Waals surface area contributed by atoms with E-state index in [0.29, 0.717) is 0 Å². The number of hydrogen-bond donors (Lipinski definition) is 1. The summed E-state index contributed by atoms with van der Waals surface area (Å²) in [6, 6.07) is 2.02. The number of anilines is 1. The molecule has 0 saturated heterocycles. The second kappa shape index (κ2) is 6.24. The minimum absolute atomic E-state index is 0.739. The van der Waals surface area contributed by atoms with Gasteiger partial charge in [-0.1, -0.05) is 19.8 Å². The van der Waals surface area contributed by atoms with Crippen molar-refractivity contribution in [2.75, 3.05) is 11.9 Å². The van der Waals surface area contributed by atoms with E-state index in [1.54, 1.807) is 0 Å². The molecule has 2 rings (SSSR count). The van der Waals surface area contributed by atoms with E-state index in [1.165, 1.54) is 25.7 Å². The van der Waals surface area contributed by atoms with E-state index >= 15 is 0 Å². The Morgan fingerprint density at radius 3 is 3.12 bits per heavy atom. The molecule has 0 aromatic carbocycles. The van der Waals surface area contributed by atoms with Crippen LogP contribution in [0.3, 0.4) is 0 Å². The van der Waals surface area contributed by atoms with Crippen LogP contribution in [0.15, 0.2) is 17.3 Å². The van der Waals surface area contributed by atoms with Crippen molar-refractivity contribution in [3.05, 3.63) is 12.3 Å². The molecule has 2 atom stereocenters. The fourth-order valence-corrected chi connectivity index (χ4v) is 3.64. The van der Waals surface area contributed by atoms with Crippen LogP contribution in [0.25, 0.3) is 0 Å². The Hall–Kier alpha value is -0.770. The number of thioether (sulfide) groups is 1. The van der Waals surface area contributed by atoms with Gasteiger partial charge in [0.25, 0.3) is 0 Å². The van der Waals surface area contributed by atoms with E-state index in [1.807, 2.05) is 24.0 Å². The summed E-state index contributed by atoms with van der Waals surface area (Å²) in [4.78, 5) is 8.72. The summed E-state index contributed by atoms with van der Waals surface area (Å²) >= 11 is 1.92. The number of nitrogens with one attached hydrogen (secondary N) is 1. The van der Waals surface area contributed by atoms with Crippen LogP contribution in [-0.4, -0.2) is 21.8 Å². The fraction of sp³-hybridized carbons (Fsp3) is 0.692. The van der Waals surface area contributed by atoms with Crippen molar-refractivity contribution < 1.29 is 0 Å². The highest BCUT2D eigenvalue weighted by Crippen LogP contribution is 2.35. The van der Waals surface area contributed by atoms with E-state index < -0.39 is 0 Å². The second-order valence-electron chi connectivity index (χ2n) is 4.76. The summed E-state index contributed by atoms with van der Waals surface area (Å²) in [5.74, 6) is 1.62. The van der Waals surface area contributed by atoms with Gasteiger partial charge in [-0.2, -0.15) is 0 Å². The van der Waals surface area contributed by atoms with E-state index in [-0.39, 0.29) is 0 Å². The minimum Gasteiger partial charge on any atom is -0.354 e. The van der Waals surface area contributed by atoms with Gasteiger partial charge in [-0.25, -0.2) is 9.97 Å². The Bertz CT molecular complexity index is 356. The first kappa shape index (κ1) is 12.7. The van der Waals surface area contributed by atoms with E-state index in [0.717, 1.165) is 28.7 Å². The fourth-order valence-electron chi connectivity index (χ4n) is 2.31. The van der Waals surface area contributed by atoms with Crippen LogP contribution < -0.4 is 5.32 Å². The lowest BCUT2D eigenvalue weighted by Crippen LogP contribution is -2.15. The molecule has 2 unspecified atom stereocenters. The molecular weight excluding hydrogens is 230 g/mol. The van der Waals surface area contributed by atoms with Crippen LogP contribution in [0.4, 0.5) is 5.95 Å². The molecule has 94 valence electrons. The Morgan fingerprint density at radius 1 is 1.47 bits per heavy atom. The monoisotopic (exact) mass is 251 g/mol. The molecule has 1 fully saturated rings. The third kappa shape index (κ3) is 3.87. The highest BCUT2D eigenvalue weighted by molar-refractivity contribution is 7.99. The standard InChI is InChI=1S/C13H21N3S/c1-3-14-13-15-8-7-12(16-13)17-11-6-4-5-10(2)9-11/h7-8,10-11H,3-6,9H2,1-2H3,(H,14,15,16). The summed E-state index contributed by atoms with van der Waals surface area (Å²) in [5.41, 5.74) is 0. The van der Waals surface area contributed by atoms with Crippen LogP contribution in [-0.2, 0) is 0 Å². The largest absolute Gasteiger partial charge is 0.354 e. The van der Waals surface area contributed by atoms with Crippen molar-refractivity contribution in [1.29, 1.82) is 0 Å². The topological polar surface area (TPSA) is 37.8 Å². The van der Waals surface area contributed by atoms with Crippen LogP contribution in [0.1, 0.15) is 39.5 Å². The molecule has 1 aliphatic carbocycles. The molecule has 1 heterocycles. The Balaban J connectivity index is 1.95. The van der Waals surface area contributed by atoms with Gasteiger partial charge in [0.2, 0.25) is 5.95 Å². The molecule has 3 nitrogen and oxygen atoms in total. The van der Waals surface area contributed by atoms with E-state index in [2.05, 4.69) is 29.1 Å². The van der Waals surface area contributed by atoms with Crippen molar-refractivity contribution in [3.8, 4) is 0 Å². The summed E-state index contributed by atoms with van der Waals surface area (Å²) in [6.45, 7) is 5.29. The number of hydrogen-bond acceptors (Lipinski definition) is 4. The number of rotatable bonds is 4. The van der Waals surface area contributed by atoms with Crippen LogP contribution >= 0.6 is 11.8 Å². The molecule has 0 radical (unpaired) electrons. The first-order chi connectivity index (χ1) is 8.28. The second-order valence-corrected chi connectivity index (χ2v) is 6.08. The Kier molecular flexibility index (Phi) is 4.66. The molecule has 1 aromatic heterocycles. The van der Waals surface area contributed by atoms with Crippen LogP contribution in [0, 0.1) is 5.92 Å². The van der Waals surface area contributed by atoms with Crippen molar-refractivity contribution in [1.82, 2.24) is 9.97 Å². The van der Waals surface area contributed by atoms with Crippen LogP contribution in [0.2, 0.25) is 0 Å². The molecule has 1 aromatic rings. The third-order valence-electron chi connectivity index (χ3n) is 3.14. The predicted octanol–water partition coefficient (Wildman–Crippen LogP) is 3.58. The van der Waals surface area contributed by atoms with E-state index in [4.69, 9.17) is 0 Å². The summed E-state index contributed by atoms with van der Waals surface area (Å²) in [6.07, 6.45) is 7.26. The molecule has 1 saturated carbocycles. The normalized spacial score (nSPS) is 24.6. The highest BCUT2D eigenvalue weighted by atomic mass is 32.2. The number of aromatic nitrogens is 2. The average Bonchev–Trinajstić information content (AvgIpc) is 2.30. The van der Waals surface area contributed by atoms with Crippen molar-refractivity contribution >= 4 is 17.7 Å². The lowest BCUT2D eigenvalue weighted by atomic mass is 9.91. The van der Waals surface area contributed by atoms with Gasteiger partial charge in [0.1, 0.15) is 5.03 Å². The SMILES string of the molecule is CCNc1nccc(SC2CCCC(C)C2)n1. The van der Waals surface area contributed by atoms with Crippen molar-refractivity contribution in [3.63, 3.8) is 0 Å². The van der Waals surface area contributed by atoms with Gasteiger partial charge < -0.3 is 5.32 Å². The Labute approximate surface area is 108 Å². The van der Waals surface area contributed by atoms with Gasteiger partial charge in [-0.05, 0) is 31.7 Å². The maximum Gasteiger partial charge on any atom is 0.223 e. The van der Waals surface area contributed by atoms with Gasteiger partial charge in [-0.3, -0.25) is 0 Å².